The molecule has 2 saturated heterocycles. The molecule has 14 nitrogen and oxygen atoms in total. The molecule has 244 valence electrons. The maximum atomic E-state index is 11.7. The van der Waals surface area contributed by atoms with Crippen molar-refractivity contribution in [3.05, 3.63) is 60.7 Å². The topological polar surface area (TPSA) is 150 Å². The van der Waals surface area contributed by atoms with Gasteiger partial charge in [0.1, 0.15) is 30.0 Å². The normalized spacial score (nSPS) is 16.4. The summed E-state index contributed by atoms with van der Waals surface area (Å²) in [4.78, 5) is 27.7. The van der Waals surface area contributed by atoms with Crippen molar-refractivity contribution in [1.82, 2.24) is 40.0 Å². The lowest BCUT2D eigenvalue weighted by molar-refractivity contribution is -0.130. The molecule has 0 radical (unpaired) electrons. The van der Waals surface area contributed by atoms with Gasteiger partial charge in [-0.2, -0.15) is 5.26 Å². The maximum absolute atomic E-state index is 11.7. The van der Waals surface area contributed by atoms with E-state index in [0.29, 0.717) is 35.6 Å². The molecule has 0 unspecified atom stereocenters. The van der Waals surface area contributed by atoms with Gasteiger partial charge in [0.05, 0.1) is 24.9 Å². The number of methoxy groups -OCH3 is 1. The van der Waals surface area contributed by atoms with Gasteiger partial charge in [-0.3, -0.25) is 9.69 Å². The van der Waals surface area contributed by atoms with Crippen LogP contribution >= 0.6 is 0 Å². The molecule has 2 fully saturated rings. The summed E-state index contributed by atoms with van der Waals surface area (Å²) < 4.78 is 13.4. The molecule has 14 heteroatoms. The number of anilines is 3. The number of aromatic nitrogens is 6. The zero-order chi connectivity index (χ0) is 32.8. The van der Waals surface area contributed by atoms with Gasteiger partial charge in [-0.15, -0.1) is 5.10 Å². The third-order valence-corrected chi connectivity index (χ3v) is 8.79. The maximum Gasteiger partial charge on any atom is 0.227 e. The molecule has 2 aliphatic rings. The highest BCUT2D eigenvalue weighted by molar-refractivity contribution is 5.73. The number of carbonyl (C=O) groups is 1. The van der Waals surface area contributed by atoms with E-state index in [2.05, 4.69) is 58.8 Å². The molecule has 0 bridgehead atoms. The number of piperidine rings is 1. The molecular formula is C33H39N11O3. The molecule has 2 aliphatic heterocycles. The largest absolute Gasteiger partial charge is 0.494 e. The minimum absolute atomic E-state index is 0.169. The first-order valence-corrected chi connectivity index (χ1v) is 15.8. The van der Waals surface area contributed by atoms with Crippen LogP contribution in [0.15, 0.2) is 55.1 Å². The molecular weight excluding hydrogens is 598 g/mol. The summed E-state index contributed by atoms with van der Waals surface area (Å²) in [5.41, 5.74) is 3.93. The Hall–Kier alpha value is -5.29. The summed E-state index contributed by atoms with van der Waals surface area (Å²) in [5.74, 6) is 1.78. The van der Waals surface area contributed by atoms with Crippen LogP contribution in [0.5, 0.6) is 11.5 Å². The lowest BCUT2D eigenvalue weighted by Gasteiger charge is -2.43. The average molecular weight is 638 g/mol. The van der Waals surface area contributed by atoms with Gasteiger partial charge in [-0.25, -0.2) is 14.6 Å². The van der Waals surface area contributed by atoms with Crippen LogP contribution in [0.4, 0.5) is 17.3 Å². The van der Waals surface area contributed by atoms with Gasteiger partial charge in [-0.05, 0) is 60.0 Å². The number of benzene rings is 2. The van der Waals surface area contributed by atoms with Crippen LogP contribution in [0.3, 0.4) is 0 Å². The van der Waals surface area contributed by atoms with Crippen molar-refractivity contribution < 1.29 is 14.3 Å². The van der Waals surface area contributed by atoms with Crippen molar-refractivity contribution in [2.75, 3.05) is 56.6 Å². The molecule has 6 rings (SSSR count). The first kappa shape index (κ1) is 31.7. The Labute approximate surface area is 273 Å². The number of nitriles is 1. The number of rotatable bonds is 10. The Morgan fingerprint density at radius 2 is 1.79 bits per heavy atom. The molecule has 4 aromatic rings. The fourth-order valence-electron chi connectivity index (χ4n) is 6.21. The summed E-state index contributed by atoms with van der Waals surface area (Å²) in [5, 5.41) is 24.1. The third kappa shape index (κ3) is 7.58. The van der Waals surface area contributed by atoms with Gasteiger partial charge in [0.15, 0.2) is 0 Å². The second kappa shape index (κ2) is 14.4. The van der Waals surface area contributed by atoms with E-state index < -0.39 is 0 Å². The fraction of sp³-hybridized carbons (Fsp3) is 0.424. The predicted octanol–water partition coefficient (Wildman–Crippen LogP) is 3.35. The van der Waals surface area contributed by atoms with Crippen LogP contribution in [0.25, 0.3) is 11.1 Å². The number of hydrogen-bond donors (Lipinski definition) is 1. The van der Waals surface area contributed by atoms with Crippen molar-refractivity contribution in [3.8, 4) is 28.7 Å². The number of amides is 1. The Morgan fingerprint density at radius 1 is 1.02 bits per heavy atom. The van der Waals surface area contributed by atoms with Crippen molar-refractivity contribution in [2.45, 2.75) is 45.4 Å². The smallest absolute Gasteiger partial charge is 0.227 e. The predicted molar refractivity (Wildman–Crippen MR) is 175 cm³/mol. The molecule has 2 aromatic carbocycles. The Bertz CT molecular complexity index is 1690. The van der Waals surface area contributed by atoms with Gasteiger partial charge in [0, 0.05) is 81.9 Å². The second-order valence-corrected chi connectivity index (χ2v) is 11.8. The van der Waals surface area contributed by atoms with E-state index >= 15 is 0 Å². The van der Waals surface area contributed by atoms with Crippen molar-refractivity contribution in [3.63, 3.8) is 0 Å². The Morgan fingerprint density at radius 3 is 2.45 bits per heavy atom. The summed E-state index contributed by atoms with van der Waals surface area (Å²) in [7, 11) is 1.66. The molecule has 1 atom stereocenters. The Kier molecular flexibility index (Phi) is 9.72. The average Bonchev–Trinajstić information content (AvgIpc) is 3.62. The van der Waals surface area contributed by atoms with E-state index in [1.165, 1.54) is 6.33 Å². The lowest BCUT2D eigenvalue weighted by atomic mass is 10.0. The molecule has 0 aliphatic carbocycles. The van der Waals surface area contributed by atoms with Crippen LogP contribution in [-0.4, -0.2) is 104 Å². The highest BCUT2D eigenvalue weighted by Crippen LogP contribution is 2.34. The minimum Gasteiger partial charge on any atom is -0.494 e. The quantitative estimate of drug-likeness (QED) is 0.272. The number of nitrogens with zero attached hydrogens (tertiary/aromatic N) is 10. The molecule has 0 spiro atoms. The lowest BCUT2D eigenvalue weighted by Crippen LogP contribution is -2.54. The number of hydrogen-bond acceptors (Lipinski definition) is 12. The van der Waals surface area contributed by atoms with E-state index in [-0.39, 0.29) is 12.0 Å². The summed E-state index contributed by atoms with van der Waals surface area (Å²) in [6.45, 7) is 9.48. The zero-order valence-corrected chi connectivity index (χ0v) is 26.9. The minimum atomic E-state index is -0.266. The van der Waals surface area contributed by atoms with Gasteiger partial charge < -0.3 is 24.6 Å². The van der Waals surface area contributed by atoms with Crippen LogP contribution in [0.2, 0.25) is 0 Å². The molecule has 0 saturated carbocycles. The van der Waals surface area contributed by atoms with Gasteiger partial charge in [0.2, 0.25) is 11.9 Å². The highest BCUT2D eigenvalue weighted by atomic mass is 16.5. The van der Waals surface area contributed by atoms with E-state index in [1.54, 1.807) is 37.2 Å². The van der Waals surface area contributed by atoms with Gasteiger partial charge in [-0.1, -0.05) is 6.07 Å². The number of piperazine rings is 1. The van der Waals surface area contributed by atoms with E-state index in [4.69, 9.17) is 9.47 Å². The van der Waals surface area contributed by atoms with Crippen LogP contribution in [0.1, 0.15) is 32.3 Å². The third-order valence-electron chi connectivity index (χ3n) is 8.79. The van der Waals surface area contributed by atoms with Crippen LogP contribution in [0, 0.1) is 11.3 Å². The van der Waals surface area contributed by atoms with Gasteiger partial charge >= 0.3 is 0 Å². The molecule has 47 heavy (non-hydrogen) atoms. The molecule has 1 amide bonds. The molecule has 4 heterocycles. The first-order valence-electron chi connectivity index (χ1n) is 15.8. The Balaban J connectivity index is 1.07. The summed E-state index contributed by atoms with van der Waals surface area (Å²) in [6, 6.07) is 14.3. The van der Waals surface area contributed by atoms with E-state index in [1.807, 2.05) is 30.0 Å². The number of carbonyl (C=O) groups excluding carboxylic acids is 1. The number of tetrazole rings is 1. The first-order chi connectivity index (χ1) is 22.9. The fourth-order valence-corrected chi connectivity index (χ4v) is 6.21. The van der Waals surface area contributed by atoms with Crippen molar-refractivity contribution >= 4 is 23.2 Å². The molecule has 2 aromatic heterocycles. The second-order valence-electron chi connectivity index (χ2n) is 11.8. The molecule has 1 N–H and O–H groups in total. The van der Waals surface area contributed by atoms with Crippen LogP contribution < -0.4 is 19.7 Å². The van der Waals surface area contributed by atoms with Crippen LogP contribution in [-0.2, 0) is 11.3 Å². The number of nitrogens with one attached hydrogen (secondary N) is 1. The van der Waals surface area contributed by atoms with Crippen molar-refractivity contribution in [2.24, 2.45) is 0 Å². The monoisotopic (exact) mass is 637 g/mol. The van der Waals surface area contributed by atoms with E-state index in [9.17, 15) is 10.1 Å². The summed E-state index contributed by atoms with van der Waals surface area (Å²) >= 11 is 0. The van der Waals surface area contributed by atoms with Gasteiger partial charge in [0.25, 0.3) is 0 Å². The highest BCUT2D eigenvalue weighted by Gasteiger charge is 2.28. The standard InChI is InChI=1S/C33H39N11O3/c1-23(21-44-22-37-39-40-44)47-31-16-25(4-5-26(31)18-34)27-19-35-33(36-20-27)38-30-7-6-29(17-32(30)46-3)42-10-8-28(9-11-42)43-14-12-41(13-15-43)24(2)45/h4-7,16-17,19-20,22-23,28H,8-15,21H2,1-3H3,(H,35,36,38)/t23-/m0/s1. The SMILES string of the molecule is COc1cc(N2CCC(N3CCN(C(C)=O)CC3)CC2)ccc1Nc1ncc(-c2ccc(C#N)c(O[C@@H](C)Cn3cnnn3)c2)cn1. The number of ether oxygens (including phenoxy) is 2. The van der Waals surface area contributed by atoms with Crippen molar-refractivity contribution in [1.29, 1.82) is 5.26 Å². The zero-order valence-electron chi connectivity index (χ0n) is 26.9. The summed E-state index contributed by atoms with van der Waals surface area (Å²) in [6.07, 6.45) is 6.90. The van der Waals surface area contributed by atoms with E-state index in [0.717, 1.165) is 74.6 Å².